The van der Waals surface area contributed by atoms with Gasteiger partial charge in [0.1, 0.15) is 6.54 Å². The molecule has 2 rings (SSSR count). The second-order valence-corrected chi connectivity index (χ2v) is 6.86. The Morgan fingerprint density at radius 2 is 2.08 bits per heavy atom. The van der Waals surface area contributed by atoms with E-state index in [9.17, 15) is 22.8 Å². The van der Waals surface area contributed by atoms with Gasteiger partial charge in [0, 0.05) is 31.9 Å². The fourth-order valence-corrected chi connectivity index (χ4v) is 3.10. The van der Waals surface area contributed by atoms with Crippen LogP contribution < -0.4 is 0 Å². The van der Waals surface area contributed by atoms with Crippen LogP contribution in [0, 0.1) is 5.92 Å². The summed E-state index contributed by atoms with van der Waals surface area (Å²) in [5.74, 6) is -1.39. The maximum absolute atomic E-state index is 12.6. The van der Waals surface area contributed by atoms with Crippen LogP contribution in [0.4, 0.5) is 13.2 Å². The maximum Gasteiger partial charge on any atom is 0.406 e. The molecule has 1 aromatic heterocycles. The van der Waals surface area contributed by atoms with Gasteiger partial charge in [-0.15, -0.1) is 0 Å². The maximum atomic E-state index is 12.6. The van der Waals surface area contributed by atoms with Crippen LogP contribution in [0.1, 0.15) is 50.0 Å². The van der Waals surface area contributed by atoms with Crippen molar-refractivity contribution in [2.75, 3.05) is 26.2 Å². The normalized spacial score (nSPS) is 18.3. The fraction of sp³-hybridized carbons (Fsp3) is 0.706. The molecule has 1 fully saturated rings. The number of nitrogens with zero attached hydrogens (tertiary/aromatic N) is 4. The molecule has 1 unspecified atom stereocenters. The third-order valence-corrected chi connectivity index (χ3v) is 4.50. The summed E-state index contributed by atoms with van der Waals surface area (Å²) in [7, 11) is 0. The number of amides is 2. The summed E-state index contributed by atoms with van der Waals surface area (Å²) in [6.07, 6.45) is -0.219. The molecule has 2 amide bonds. The van der Waals surface area contributed by atoms with Gasteiger partial charge in [0.25, 0.3) is 5.91 Å². The lowest BCUT2D eigenvalue weighted by atomic mass is 9.96. The monoisotopic (exact) mass is 374 g/mol. The summed E-state index contributed by atoms with van der Waals surface area (Å²) in [6, 6.07) is 0.118. The van der Waals surface area contributed by atoms with Crippen molar-refractivity contribution in [3.63, 3.8) is 0 Å². The highest BCUT2D eigenvalue weighted by molar-refractivity contribution is 5.94. The highest BCUT2D eigenvalue weighted by Gasteiger charge is 2.37. The number of piperidine rings is 1. The zero-order chi connectivity index (χ0) is 19.5. The lowest BCUT2D eigenvalue weighted by Crippen LogP contribution is -2.48. The number of rotatable bonds is 5. The van der Waals surface area contributed by atoms with Gasteiger partial charge >= 0.3 is 6.18 Å². The Balaban J connectivity index is 2.05. The summed E-state index contributed by atoms with van der Waals surface area (Å²) in [4.78, 5) is 27.5. The standard InChI is InChI=1S/C17H25F3N4O2/c1-4-22(11-17(18,19)20)15(25)13-6-5-7-23(9-13)16(26)14-8-21-24(10-14)12(2)3/h8,10,12-13H,4-7,9,11H2,1-3H3. The summed E-state index contributed by atoms with van der Waals surface area (Å²) in [6.45, 7) is 4.76. The number of hydrogen-bond donors (Lipinski definition) is 0. The average molecular weight is 374 g/mol. The molecule has 6 nitrogen and oxygen atoms in total. The molecule has 2 heterocycles. The molecule has 1 aromatic rings. The number of halogens is 3. The molecule has 1 aliphatic heterocycles. The molecular formula is C17H25F3N4O2. The quantitative estimate of drug-likeness (QED) is 0.796. The van der Waals surface area contributed by atoms with Crippen LogP contribution in [-0.2, 0) is 4.79 Å². The number of aromatic nitrogens is 2. The van der Waals surface area contributed by atoms with Crippen molar-refractivity contribution < 1.29 is 22.8 Å². The molecule has 0 spiro atoms. The molecule has 1 aliphatic rings. The van der Waals surface area contributed by atoms with E-state index in [1.165, 1.54) is 18.0 Å². The van der Waals surface area contributed by atoms with Gasteiger partial charge in [-0.25, -0.2) is 0 Å². The Labute approximate surface area is 150 Å². The zero-order valence-electron chi connectivity index (χ0n) is 15.3. The van der Waals surface area contributed by atoms with Gasteiger partial charge in [0.05, 0.1) is 17.7 Å². The first-order chi connectivity index (χ1) is 12.1. The van der Waals surface area contributed by atoms with Crippen LogP contribution in [0.2, 0.25) is 0 Å². The van der Waals surface area contributed by atoms with E-state index in [0.29, 0.717) is 24.9 Å². The van der Waals surface area contributed by atoms with Gasteiger partial charge in [-0.05, 0) is 33.6 Å². The molecule has 9 heteroatoms. The van der Waals surface area contributed by atoms with Gasteiger partial charge in [-0.3, -0.25) is 14.3 Å². The van der Waals surface area contributed by atoms with Crippen molar-refractivity contribution in [3.05, 3.63) is 18.0 Å². The minimum atomic E-state index is -4.43. The van der Waals surface area contributed by atoms with Gasteiger partial charge in [0.2, 0.25) is 5.91 Å². The van der Waals surface area contributed by atoms with Crippen molar-refractivity contribution in [1.29, 1.82) is 0 Å². The van der Waals surface area contributed by atoms with Crippen LogP contribution in [0.3, 0.4) is 0 Å². The van der Waals surface area contributed by atoms with Crippen LogP contribution in [-0.4, -0.2) is 63.7 Å². The Kier molecular flexibility index (Phi) is 6.30. The van der Waals surface area contributed by atoms with Crippen LogP contribution >= 0.6 is 0 Å². The van der Waals surface area contributed by atoms with Crippen LogP contribution in [0.25, 0.3) is 0 Å². The Morgan fingerprint density at radius 3 is 2.62 bits per heavy atom. The van der Waals surface area contributed by atoms with Gasteiger partial charge in [-0.1, -0.05) is 0 Å². The number of carbonyl (C=O) groups excluding carboxylic acids is 2. The van der Waals surface area contributed by atoms with Crippen LogP contribution in [0.15, 0.2) is 12.4 Å². The molecule has 0 N–H and O–H groups in total. The molecule has 0 bridgehead atoms. The van der Waals surface area contributed by atoms with Crippen molar-refractivity contribution >= 4 is 11.8 Å². The number of carbonyl (C=O) groups is 2. The van der Waals surface area contributed by atoms with E-state index in [-0.39, 0.29) is 25.0 Å². The summed E-state index contributed by atoms with van der Waals surface area (Å²) >= 11 is 0. The predicted molar refractivity (Wildman–Crippen MR) is 89.5 cm³/mol. The lowest BCUT2D eigenvalue weighted by Gasteiger charge is -2.34. The molecule has 1 saturated heterocycles. The molecule has 0 radical (unpaired) electrons. The first-order valence-electron chi connectivity index (χ1n) is 8.81. The molecular weight excluding hydrogens is 349 g/mol. The SMILES string of the molecule is CCN(CC(F)(F)F)C(=O)C1CCCN(C(=O)c2cnn(C(C)C)c2)C1. The van der Waals surface area contributed by atoms with Gasteiger partial charge in [0.15, 0.2) is 0 Å². The van der Waals surface area contributed by atoms with E-state index in [0.717, 1.165) is 4.90 Å². The highest BCUT2D eigenvalue weighted by Crippen LogP contribution is 2.23. The zero-order valence-corrected chi connectivity index (χ0v) is 15.3. The topological polar surface area (TPSA) is 58.4 Å². The summed E-state index contributed by atoms with van der Waals surface area (Å²) in [5, 5.41) is 4.14. The second kappa shape index (κ2) is 8.09. The Bertz CT molecular complexity index is 642. The van der Waals surface area contributed by atoms with E-state index in [1.54, 1.807) is 10.9 Å². The first-order valence-corrected chi connectivity index (χ1v) is 8.81. The molecule has 0 aromatic carbocycles. The lowest BCUT2D eigenvalue weighted by molar-refractivity contribution is -0.164. The molecule has 0 aliphatic carbocycles. The summed E-state index contributed by atoms with van der Waals surface area (Å²) < 4.78 is 39.6. The second-order valence-electron chi connectivity index (χ2n) is 6.86. The third-order valence-electron chi connectivity index (χ3n) is 4.50. The largest absolute Gasteiger partial charge is 0.406 e. The molecule has 26 heavy (non-hydrogen) atoms. The molecule has 146 valence electrons. The fourth-order valence-electron chi connectivity index (χ4n) is 3.10. The Morgan fingerprint density at radius 1 is 1.38 bits per heavy atom. The number of alkyl halides is 3. The molecule has 0 saturated carbocycles. The van der Waals surface area contributed by atoms with Gasteiger partial charge in [-0.2, -0.15) is 18.3 Å². The van der Waals surface area contributed by atoms with Gasteiger partial charge < -0.3 is 9.80 Å². The van der Waals surface area contributed by atoms with E-state index < -0.39 is 24.5 Å². The van der Waals surface area contributed by atoms with Crippen LogP contribution in [0.5, 0.6) is 0 Å². The Hall–Kier alpha value is -2.06. The predicted octanol–water partition coefficient (Wildman–Crippen LogP) is 2.73. The smallest absolute Gasteiger partial charge is 0.338 e. The average Bonchev–Trinajstić information content (AvgIpc) is 3.08. The third kappa shape index (κ3) is 4.98. The van der Waals surface area contributed by atoms with E-state index >= 15 is 0 Å². The number of hydrogen-bond acceptors (Lipinski definition) is 3. The summed E-state index contributed by atoms with van der Waals surface area (Å²) in [5.41, 5.74) is 0.425. The van der Waals surface area contributed by atoms with E-state index in [4.69, 9.17) is 0 Å². The minimum Gasteiger partial charge on any atom is -0.338 e. The highest BCUT2D eigenvalue weighted by atomic mass is 19.4. The van der Waals surface area contributed by atoms with Crippen molar-refractivity contribution in [2.24, 2.45) is 5.92 Å². The van der Waals surface area contributed by atoms with Crippen molar-refractivity contribution in [2.45, 2.75) is 45.8 Å². The number of likely N-dealkylation sites (tertiary alicyclic amines) is 1. The van der Waals surface area contributed by atoms with Crippen molar-refractivity contribution in [3.8, 4) is 0 Å². The first kappa shape index (κ1) is 20.3. The molecule has 1 atom stereocenters. The minimum absolute atomic E-state index is 0.00997. The van der Waals surface area contributed by atoms with E-state index in [2.05, 4.69) is 5.10 Å². The van der Waals surface area contributed by atoms with E-state index in [1.807, 2.05) is 13.8 Å². The van der Waals surface area contributed by atoms with Crippen molar-refractivity contribution in [1.82, 2.24) is 19.6 Å².